The van der Waals surface area contributed by atoms with Crippen LogP contribution in [0.2, 0.25) is 5.02 Å². The molecule has 80 valence electrons. The van der Waals surface area contributed by atoms with Crippen LogP contribution in [0.3, 0.4) is 0 Å². The van der Waals surface area contributed by atoms with E-state index in [2.05, 4.69) is 22.9 Å². The molecule has 0 saturated heterocycles. The Hall–Kier alpha value is -0.510. The largest absolute Gasteiger partial charge is 0.458 e. The molecule has 0 spiro atoms. The number of hydrogen-bond acceptors (Lipinski definition) is 2. The molecule has 0 aliphatic heterocycles. The number of fused-ring (bicyclic) bond motifs is 1. The molecule has 2 rings (SSSR count). The molecule has 0 aliphatic carbocycles. The topological polar surface area (TPSA) is 39.2 Å². The summed E-state index contributed by atoms with van der Waals surface area (Å²) >= 11 is 9.58. The van der Waals surface area contributed by atoms with Crippen LogP contribution in [0.1, 0.15) is 18.2 Å². The number of benzene rings is 1. The van der Waals surface area contributed by atoms with Crippen LogP contribution < -0.4 is 5.73 Å². The molecule has 0 bridgehead atoms. The molecule has 0 saturated carbocycles. The van der Waals surface area contributed by atoms with Crippen LogP contribution in [0, 0.1) is 0 Å². The van der Waals surface area contributed by atoms with Gasteiger partial charge in [-0.3, -0.25) is 0 Å². The monoisotopic (exact) mass is 287 g/mol. The van der Waals surface area contributed by atoms with E-state index in [0.717, 1.165) is 33.2 Å². The summed E-state index contributed by atoms with van der Waals surface area (Å²) in [5, 5.41) is 1.67. The van der Waals surface area contributed by atoms with Crippen molar-refractivity contribution in [3.8, 4) is 0 Å². The first-order valence-corrected chi connectivity index (χ1v) is 5.94. The molecule has 4 heteroatoms. The third-order valence-electron chi connectivity index (χ3n) is 2.46. The van der Waals surface area contributed by atoms with Crippen LogP contribution in [0.5, 0.6) is 0 Å². The highest BCUT2D eigenvalue weighted by atomic mass is 79.9. The van der Waals surface area contributed by atoms with E-state index in [1.54, 1.807) is 0 Å². The summed E-state index contributed by atoms with van der Waals surface area (Å²) in [6.45, 7) is 2.48. The van der Waals surface area contributed by atoms with Crippen molar-refractivity contribution in [3.63, 3.8) is 0 Å². The summed E-state index contributed by atoms with van der Waals surface area (Å²) < 4.78 is 6.67. The first kappa shape index (κ1) is 11.0. The summed E-state index contributed by atoms with van der Waals surface area (Å²) in [6.07, 6.45) is 0.887. The van der Waals surface area contributed by atoms with Gasteiger partial charge in [0.05, 0.1) is 11.6 Å². The Balaban J connectivity index is 2.87. The van der Waals surface area contributed by atoms with Crippen molar-refractivity contribution in [1.29, 1.82) is 0 Å². The van der Waals surface area contributed by atoms with E-state index in [4.69, 9.17) is 21.8 Å². The molecule has 2 nitrogen and oxygen atoms in total. The minimum atomic E-state index is 0.403. The van der Waals surface area contributed by atoms with Crippen LogP contribution in [0.25, 0.3) is 11.0 Å². The van der Waals surface area contributed by atoms with Crippen molar-refractivity contribution in [2.75, 3.05) is 0 Å². The van der Waals surface area contributed by atoms with Gasteiger partial charge in [-0.2, -0.15) is 0 Å². The fourth-order valence-corrected chi connectivity index (χ4v) is 2.52. The van der Waals surface area contributed by atoms with E-state index < -0.39 is 0 Å². The van der Waals surface area contributed by atoms with Crippen molar-refractivity contribution in [1.82, 2.24) is 0 Å². The number of nitrogens with two attached hydrogens (primary N) is 1. The quantitative estimate of drug-likeness (QED) is 0.911. The normalized spacial score (nSPS) is 11.2. The Bertz CT molecular complexity index is 507. The summed E-state index contributed by atoms with van der Waals surface area (Å²) in [5.41, 5.74) is 7.50. The lowest BCUT2D eigenvalue weighted by molar-refractivity contribution is 0.546. The maximum absolute atomic E-state index is 6.07. The van der Waals surface area contributed by atoms with Crippen molar-refractivity contribution in [2.45, 2.75) is 19.9 Å². The molecule has 0 aliphatic rings. The molecule has 15 heavy (non-hydrogen) atoms. The third-order valence-corrected chi connectivity index (χ3v) is 3.42. The van der Waals surface area contributed by atoms with Gasteiger partial charge in [0.2, 0.25) is 0 Å². The van der Waals surface area contributed by atoms with E-state index in [-0.39, 0.29) is 0 Å². The van der Waals surface area contributed by atoms with Gasteiger partial charge < -0.3 is 10.2 Å². The van der Waals surface area contributed by atoms with Crippen molar-refractivity contribution < 1.29 is 4.42 Å². The van der Waals surface area contributed by atoms with E-state index in [0.29, 0.717) is 11.6 Å². The van der Waals surface area contributed by atoms with Gasteiger partial charge in [-0.25, -0.2) is 0 Å². The Kier molecular flexibility index (Phi) is 3.05. The molecule has 0 amide bonds. The first-order valence-electron chi connectivity index (χ1n) is 4.77. The molecule has 1 heterocycles. The lowest BCUT2D eigenvalue weighted by Gasteiger charge is -1.98. The van der Waals surface area contributed by atoms with Crippen LogP contribution in [-0.4, -0.2) is 0 Å². The van der Waals surface area contributed by atoms with E-state index in [1.165, 1.54) is 0 Å². The zero-order valence-corrected chi connectivity index (χ0v) is 10.7. The maximum Gasteiger partial charge on any atom is 0.154 e. The predicted octanol–water partition coefficient (Wildman–Crippen LogP) is 3.87. The molecule has 2 N–H and O–H groups in total. The van der Waals surface area contributed by atoms with Gasteiger partial charge in [-0.15, -0.1) is 0 Å². The van der Waals surface area contributed by atoms with Crippen LogP contribution >= 0.6 is 27.5 Å². The van der Waals surface area contributed by atoms with E-state index >= 15 is 0 Å². The molecule has 0 fully saturated rings. The highest BCUT2D eigenvalue weighted by Crippen LogP contribution is 2.36. The fraction of sp³-hybridized carbons (Fsp3) is 0.273. The van der Waals surface area contributed by atoms with Gasteiger partial charge in [0, 0.05) is 15.4 Å². The number of aryl methyl sites for hydroxylation is 1. The third kappa shape index (κ3) is 1.69. The number of furan rings is 1. The van der Waals surface area contributed by atoms with Gasteiger partial charge in [-0.05, 0) is 18.6 Å². The van der Waals surface area contributed by atoms with Gasteiger partial charge in [-0.1, -0.05) is 34.5 Å². The summed E-state index contributed by atoms with van der Waals surface area (Å²) in [5.74, 6) is 0.821. The van der Waals surface area contributed by atoms with E-state index in [9.17, 15) is 0 Å². The summed E-state index contributed by atoms with van der Waals surface area (Å²) in [7, 11) is 0. The van der Waals surface area contributed by atoms with Crippen LogP contribution in [0.15, 0.2) is 21.0 Å². The Morgan fingerprint density at radius 2 is 2.20 bits per heavy atom. The zero-order valence-electron chi connectivity index (χ0n) is 8.31. The van der Waals surface area contributed by atoms with Crippen molar-refractivity contribution in [2.24, 2.45) is 5.73 Å². The van der Waals surface area contributed by atoms with Gasteiger partial charge in [0.1, 0.15) is 5.76 Å². The van der Waals surface area contributed by atoms with Crippen LogP contribution in [-0.2, 0) is 13.0 Å². The minimum absolute atomic E-state index is 0.403. The van der Waals surface area contributed by atoms with Gasteiger partial charge in [0.25, 0.3) is 0 Å². The smallest absolute Gasteiger partial charge is 0.154 e. The second-order valence-corrected chi connectivity index (χ2v) is 4.56. The summed E-state index contributed by atoms with van der Waals surface area (Å²) in [4.78, 5) is 0. The van der Waals surface area contributed by atoms with Gasteiger partial charge in [0.15, 0.2) is 5.58 Å². The fourth-order valence-electron chi connectivity index (χ4n) is 1.78. The highest BCUT2D eigenvalue weighted by Gasteiger charge is 2.16. The Morgan fingerprint density at radius 3 is 2.80 bits per heavy atom. The lowest BCUT2D eigenvalue weighted by Crippen LogP contribution is -1.97. The second-order valence-electron chi connectivity index (χ2n) is 3.29. The van der Waals surface area contributed by atoms with Crippen molar-refractivity contribution in [3.05, 3.63) is 33.0 Å². The standard InChI is InChI=1S/C11H11BrClNO/c1-2-6-9(5-14)15-11-8(13)4-3-7(12)10(6)11/h3-4H,2,5,14H2,1H3. The average molecular weight is 289 g/mol. The molecule has 2 aromatic rings. The molecule has 1 aromatic carbocycles. The Labute approximate surface area is 102 Å². The number of hydrogen-bond donors (Lipinski definition) is 1. The molecule has 0 unspecified atom stereocenters. The van der Waals surface area contributed by atoms with Gasteiger partial charge >= 0.3 is 0 Å². The Morgan fingerprint density at radius 1 is 1.47 bits per heavy atom. The lowest BCUT2D eigenvalue weighted by atomic mass is 10.1. The van der Waals surface area contributed by atoms with Crippen LogP contribution in [0.4, 0.5) is 0 Å². The molecule has 0 radical (unpaired) electrons. The molecule has 0 atom stereocenters. The minimum Gasteiger partial charge on any atom is -0.458 e. The second kappa shape index (κ2) is 4.16. The number of halogens is 2. The molecular formula is C11H11BrClNO. The zero-order chi connectivity index (χ0) is 11.0. The average Bonchev–Trinajstić information content (AvgIpc) is 2.63. The molecule has 1 aromatic heterocycles. The number of rotatable bonds is 2. The van der Waals surface area contributed by atoms with Crippen molar-refractivity contribution >= 4 is 38.5 Å². The predicted molar refractivity (Wildman–Crippen MR) is 66.2 cm³/mol. The summed E-state index contributed by atoms with van der Waals surface area (Å²) in [6, 6.07) is 3.75. The molecular weight excluding hydrogens is 277 g/mol. The highest BCUT2D eigenvalue weighted by molar-refractivity contribution is 9.10. The maximum atomic E-state index is 6.07. The first-order chi connectivity index (χ1) is 7.19. The SMILES string of the molecule is CCc1c(CN)oc2c(Cl)ccc(Br)c12. The van der Waals surface area contributed by atoms with E-state index in [1.807, 2.05) is 12.1 Å².